The van der Waals surface area contributed by atoms with Crippen LogP contribution in [0.15, 0.2) is 48.5 Å². The van der Waals surface area contributed by atoms with Gasteiger partial charge >= 0.3 is 6.03 Å². The normalized spacial score (nSPS) is 10.5. The van der Waals surface area contributed by atoms with Crippen molar-refractivity contribution in [2.45, 2.75) is 39.8 Å². The molecule has 0 saturated carbocycles. The Morgan fingerprint density at radius 2 is 1.79 bits per heavy atom. The lowest BCUT2D eigenvalue weighted by atomic mass is 10.1. The third-order valence-electron chi connectivity index (χ3n) is 3.51. The molecule has 2 amide bonds. The number of carbonyl (C=O) groups is 1. The van der Waals surface area contributed by atoms with Crippen molar-refractivity contribution >= 4 is 6.03 Å². The molecule has 0 aliphatic heterocycles. The van der Waals surface area contributed by atoms with Crippen molar-refractivity contribution < 1.29 is 9.53 Å². The Labute approximate surface area is 144 Å². The van der Waals surface area contributed by atoms with Crippen LogP contribution in [0, 0.1) is 6.92 Å². The summed E-state index contributed by atoms with van der Waals surface area (Å²) in [5.41, 5.74) is 3.48. The molecule has 0 atom stereocenters. The number of benzene rings is 2. The van der Waals surface area contributed by atoms with E-state index in [0.717, 1.165) is 17.7 Å². The maximum atomic E-state index is 11.9. The Kier molecular flexibility index (Phi) is 6.67. The van der Waals surface area contributed by atoms with Crippen LogP contribution in [0.4, 0.5) is 4.79 Å². The second kappa shape index (κ2) is 8.96. The molecule has 0 saturated heterocycles. The zero-order chi connectivity index (χ0) is 17.4. The fourth-order valence-electron chi connectivity index (χ4n) is 2.43. The van der Waals surface area contributed by atoms with Crippen LogP contribution in [-0.2, 0) is 13.0 Å². The minimum atomic E-state index is -0.155. The van der Waals surface area contributed by atoms with E-state index in [1.807, 2.05) is 44.2 Å². The first kappa shape index (κ1) is 17.9. The quantitative estimate of drug-likeness (QED) is 0.812. The van der Waals surface area contributed by atoms with E-state index in [4.69, 9.17) is 4.74 Å². The number of urea groups is 1. The summed E-state index contributed by atoms with van der Waals surface area (Å²) >= 11 is 0. The average Bonchev–Trinajstić information content (AvgIpc) is 2.53. The third kappa shape index (κ3) is 6.32. The fraction of sp³-hybridized carbons (Fsp3) is 0.350. The Hall–Kier alpha value is -2.49. The highest BCUT2D eigenvalue weighted by Gasteiger charge is 2.03. The molecule has 0 bridgehead atoms. The molecule has 128 valence electrons. The summed E-state index contributed by atoms with van der Waals surface area (Å²) < 4.78 is 5.66. The molecule has 4 nitrogen and oxygen atoms in total. The van der Waals surface area contributed by atoms with Gasteiger partial charge in [-0.15, -0.1) is 0 Å². The Bertz CT molecular complexity index is 668. The summed E-state index contributed by atoms with van der Waals surface area (Å²) in [7, 11) is 0. The van der Waals surface area contributed by atoms with E-state index >= 15 is 0 Å². The standard InChI is InChI=1S/C20H26N2O2/c1-15(2)24-19-9-5-8-18(13-19)14-22-20(23)21-11-10-17-7-4-6-16(3)12-17/h4-9,12-13,15H,10-11,14H2,1-3H3,(H2,21,22,23). The molecule has 24 heavy (non-hydrogen) atoms. The highest BCUT2D eigenvalue weighted by atomic mass is 16.5. The largest absolute Gasteiger partial charge is 0.491 e. The number of nitrogens with one attached hydrogen (secondary N) is 2. The zero-order valence-corrected chi connectivity index (χ0v) is 14.6. The molecular weight excluding hydrogens is 300 g/mol. The van der Waals surface area contributed by atoms with Gasteiger partial charge in [0.2, 0.25) is 0 Å². The van der Waals surface area contributed by atoms with E-state index < -0.39 is 0 Å². The second-order valence-corrected chi connectivity index (χ2v) is 6.16. The molecule has 2 N–H and O–H groups in total. The highest BCUT2D eigenvalue weighted by molar-refractivity contribution is 5.73. The van der Waals surface area contributed by atoms with Crippen LogP contribution in [0.1, 0.15) is 30.5 Å². The fourth-order valence-corrected chi connectivity index (χ4v) is 2.43. The van der Waals surface area contributed by atoms with E-state index in [2.05, 4.69) is 35.8 Å². The molecule has 2 rings (SSSR count). The highest BCUT2D eigenvalue weighted by Crippen LogP contribution is 2.14. The van der Waals surface area contributed by atoms with Crippen molar-refractivity contribution in [1.82, 2.24) is 10.6 Å². The van der Waals surface area contributed by atoms with E-state index in [9.17, 15) is 4.79 Å². The molecule has 0 fully saturated rings. The van der Waals surface area contributed by atoms with Crippen molar-refractivity contribution in [3.05, 3.63) is 65.2 Å². The SMILES string of the molecule is Cc1cccc(CCNC(=O)NCc2cccc(OC(C)C)c2)c1. The summed E-state index contributed by atoms with van der Waals surface area (Å²) in [6.07, 6.45) is 0.963. The van der Waals surface area contributed by atoms with Crippen LogP contribution in [0.2, 0.25) is 0 Å². The summed E-state index contributed by atoms with van der Waals surface area (Å²) in [6.45, 7) is 7.15. The van der Waals surface area contributed by atoms with Crippen molar-refractivity contribution in [3.8, 4) is 5.75 Å². The smallest absolute Gasteiger partial charge is 0.315 e. The minimum Gasteiger partial charge on any atom is -0.491 e. The molecule has 0 aliphatic rings. The molecular formula is C20H26N2O2. The van der Waals surface area contributed by atoms with Crippen LogP contribution >= 0.6 is 0 Å². The summed E-state index contributed by atoms with van der Waals surface area (Å²) in [4.78, 5) is 11.9. The van der Waals surface area contributed by atoms with Crippen molar-refractivity contribution in [3.63, 3.8) is 0 Å². The predicted molar refractivity (Wildman–Crippen MR) is 97.3 cm³/mol. The minimum absolute atomic E-state index is 0.137. The van der Waals surface area contributed by atoms with E-state index in [0.29, 0.717) is 13.1 Å². The van der Waals surface area contributed by atoms with Crippen LogP contribution < -0.4 is 15.4 Å². The van der Waals surface area contributed by atoms with Gasteiger partial charge in [-0.3, -0.25) is 0 Å². The lowest BCUT2D eigenvalue weighted by Crippen LogP contribution is -2.36. The van der Waals surface area contributed by atoms with Crippen LogP contribution in [0.25, 0.3) is 0 Å². The maximum absolute atomic E-state index is 11.9. The summed E-state index contributed by atoms with van der Waals surface area (Å²) in [6, 6.07) is 15.9. The van der Waals surface area contributed by atoms with Gasteiger partial charge < -0.3 is 15.4 Å². The van der Waals surface area contributed by atoms with Gasteiger partial charge in [0.25, 0.3) is 0 Å². The first-order valence-corrected chi connectivity index (χ1v) is 8.36. The molecule has 0 spiro atoms. The van der Waals surface area contributed by atoms with E-state index in [1.165, 1.54) is 11.1 Å². The van der Waals surface area contributed by atoms with Crippen LogP contribution in [0.5, 0.6) is 5.75 Å². The molecule has 0 unspecified atom stereocenters. The summed E-state index contributed by atoms with van der Waals surface area (Å²) in [5.74, 6) is 0.823. The van der Waals surface area contributed by atoms with Gasteiger partial charge in [-0.05, 0) is 50.5 Å². The van der Waals surface area contributed by atoms with E-state index in [-0.39, 0.29) is 12.1 Å². The molecule has 0 heterocycles. The number of aryl methyl sites for hydroxylation is 1. The van der Waals surface area contributed by atoms with Crippen molar-refractivity contribution in [2.24, 2.45) is 0 Å². The van der Waals surface area contributed by atoms with E-state index in [1.54, 1.807) is 0 Å². The number of hydrogen-bond acceptors (Lipinski definition) is 2. The van der Waals surface area contributed by atoms with Gasteiger partial charge in [0.15, 0.2) is 0 Å². The topological polar surface area (TPSA) is 50.4 Å². The number of hydrogen-bond donors (Lipinski definition) is 2. The number of ether oxygens (including phenoxy) is 1. The Balaban J connectivity index is 1.73. The van der Waals surface area contributed by atoms with Crippen molar-refractivity contribution in [2.75, 3.05) is 6.54 Å². The zero-order valence-electron chi connectivity index (χ0n) is 14.6. The monoisotopic (exact) mass is 326 g/mol. The molecule has 4 heteroatoms. The number of amides is 2. The van der Waals surface area contributed by atoms with Gasteiger partial charge in [0.1, 0.15) is 5.75 Å². The molecule has 0 aliphatic carbocycles. The second-order valence-electron chi connectivity index (χ2n) is 6.16. The van der Waals surface area contributed by atoms with Crippen LogP contribution in [0.3, 0.4) is 0 Å². The lowest BCUT2D eigenvalue weighted by molar-refractivity contribution is 0.239. The summed E-state index contributed by atoms with van der Waals surface area (Å²) in [5, 5.41) is 5.76. The lowest BCUT2D eigenvalue weighted by Gasteiger charge is -2.12. The molecule has 2 aromatic rings. The van der Waals surface area contributed by atoms with Gasteiger partial charge in [-0.25, -0.2) is 4.79 Å². The molecule has 0 radical (unpaired) electrons. The predicted octanol–water partition coefficient (Wildman–Crippen LogP) is 3.82. The first-order valence-electron chi connectivity index (χ1n) is 8.36. The van der Waals surface area contributed by atoms with Crippen molar-refractivity contribution in [1.29, 1.82) is 0 Å². The van der Waals surface area contributed by atoms with Gasteiger partial charge in [0, 0.05) is 13.1 Å². The van der Waals surface area contributed by atoms with Gasteiger partial charge in [0.05, 0.1) is 6.10 Å². The molecule has 0 aromatic heterocycles. The van der Waals surface area contributed by atoms with Crippen LogP contribution in [-0.4, -0.2) is 18.7 Å². The average molecular weight is 326 g/mol. The Morgan fingerprint density at radius 1 is 1.04 bits per heavy atom. The number of carbonyl (C=O) groups excluding carboxylic acids is 1. The van der Waals surface area contributed by atoms with Gasteiger partial charge in [-0.2, -0.15) is 0 Å². The Morgan fingerprint density at radius 3 is 2.54 bits per heavy atom. The first-order chi connectivity index (χ1) is 11.5. The maximum Gasteiger partial charge on any atom is 0.315 e. The van der Waals surface area contributed by atoms with Gasteiger partial charge in [-0.1, -0.05) is 42.0 Å². The number of rotatable bonds is 7. The molecule has 2 aromatic carbocycles. The third-order valence-corrected chi connectivity index (χ3v) is 3.51.